The van der Waals surface area contributed by atoms with E-state index in [1.807, 2.05) is 0 Å². The van der Waals surface area contributed by atoms with Crippen LogP contribution < -0.4 is 10.1 Å². The standard InChI is InChI=1S/C16H21NOS/c1-2-4-14-6-8-15(9-7-14)18-11-10-17-13-16-5-3-12-19-16/h3,5-9,12,17H,2,4,10-11,13H2,1H3. The first-order valence-corrected chi connectivity index (χ1v) is 7.71. The van der Waals surface area contributed by atoms with E-state index in [9.17, 15) is 0 Å². The highest BCUT2D eigenvalue weighted by molar-refractivity contribution is 7.09. The maximum absolute atomic E-state index is 5.70. The van der Waals surface area contributed by atoms with E-state index < -0.39 is 0 Å². The van der Waals surface area contributed by atoms with Crippen LogP contribution in [0.2, 0.25) is 0 Å². The summed E-state index contributed by atoms with van der Waals surface area (Å²) < 4.78 is 5.70. The minimum absolute atomic E-state index is 0.707. The highest BCUT2D eigenvalue weighted by Crippen LogP contribution is 2.13. The lowest BCUT2D eigenvalue weighted by Gasteiger charge is -2.07. The van der Waals surface area contributed by atoms with Crippen LogP contribution in [0.5, 0.6) is 5.75 Å². The molecule has 0 saturated carbocycles. The monoisotopic (exact) mass is 275 g/mol. The first-order valence-electron chi connectivity index (χ1n) is 6.83. The maximum Gasteiger partial charge on any atom is 0.119 e. The average molecular weight is 275 g/mol. The van der Waals surface area contributed by atoms with Crippen LogP contribution in [0.3, 0.4) is 0 Å². The van der Waals surface area contributed by atoms with Gasteiger partial charge in [-0.15, -0.1) is 11.3 Å². The zero-order valence-corrected chi connectivity index (χ0v) is 12.2. The molecule has 0 unspecified atom stereocenters. The van der Waals surface area contributed by atoms with Gasteiger partial charge in [-0.25, -0.2) is 0 Å². The van der Waals surface area contributed by atoms with E-state index >= 15 is 0 Å². The van der Waals surface area contributed by atoms with Crippen LogP contribution in [0.15, 0.2) is 41.8 Å². The molecule has 1 N–H and O–H groups in total. The zero-order valence-electron chi connectivity index (χ0n) is 11.4. The van der Waals surface area contributed by atoms with Gasteiger partial charge in [-0.05, 0) is 35.6 Å². The lowest BCUT2D eigenvalue weighted by Crippen LogP contribution is -2.20. The largest absolute Gasteiger partial charge is 0.492 e. The molecule has 102 valence electrons. The van der Waals surface area contributed by atoms with E-state index in [0.29, 0.717) is 6.61 Å². The molecule has 0 bridgehead atoms. The molecule has 0 radical (unpaired) electrons. The number of hydrogen-bond acceptors (Lipinski definition) is 3. The Labute approximate surface area is 119 Å². The van der Waals surface area contributed by atoms with Crippen molar-refractivity contribution in [1.82, 2.24) is 5.32 Å². The molecule has 0 amide bonds. The van der Waals surface area contributed by atoms with Crippen molar-refractivity contribution < 1.29 is 4.74 Å². The Morgan fingerprint density at radius 1 is 1.16 bits per heavy atom. The SMILES string of the molecule is CCCc1ccc(OCCNCc2cccs2)cc1. The summed E-state index contributed by atoms with van der Waals surface area (Å²) in [6, 6.07) is 12.6. The third kappa shape index (κ3) is 5.05. The van der Waals surface area contributed by atoms with Crippen molar-refractivity contribution in [2.24, 2.45) is 0 Å². The summed E-state index contributed by atoms with van der Waals surface area (Å²) in [5.74, 6) is 0.956. The number of benzene rings is 1. The van der Waals surface area contributed by atoms with Gasteiger partial charge in [0.2, 0.25) is 0 Å². The molecule has 3 heteroatoms. The van der Waals surface area contributed by atoms with E-state index in [1.165, 1.54) is 16.9 Å². The molecule has 0 atom stereocenters. The smallest absolute Gasteiger partial charge is 0.119 e. The number of aryl methyl sites for hydroxylation is 1. The van der Waals surface area contributed by atoms with Gasteiger partial charge in [0, 0.05) is 18.0 Å². The van der Waals surface area contributed by atoms with Crippen molar-refractivity contribution in [3.8, 4) is 5.75 Å². The summed E-state index contributed by atoms with van der Waals surface area (Å²) in [6.07, 6.45) is 2.33. The lowest BCUT2D eigenvalue weighted by atomic mass is 10.1. The average Bonchev–Trinajstić information content (AvgIpc) is 2.94. The van der Waals surface area contributed by atoms with Crippen LogP contribution in [-0.4, -0.2) is 13.2 Å². The second-order valence-corrected chi connectivity index (χ2v) is 5.53. The summed E-state index contributed by atoms with van der Waals surface area (Å²) in [4.78, 5) is 1.36. The Hall–Kier alpha value is -1.32. The third-order valence-corrected chi connectivity index (χ3v) is 3.77. The highest BCUT2D eigenvalue weighted by atomic mass is 32.1. The molecule has 1 heterocycles. The van der Waals surface area contributed by atoms with Gasteiger partial charge >= 0.3 is 0 Å². The van der Waals surface area contributed by atoms with E-state index in [-0.39, 0.29) is 0 Å². The minimum atomic E-state index is 0.707. The van der Waals surface area contributed by atoms with Crippen molar-refractivity contribution in [2.45, 2.75) is 26.3 Å². The van der Waals surface area contributed by atoms with Crippen LogP contribution in [0.25, 0.3) is 0 Å². The fraction of sp³-hybridized carbons (Fsp3) is 0.375. The number of hydrogen-bond donors (Lipinski definition) is 1. The van der Waals surface area contributed by atoms with Gasteiger partial charge in [0.05, 0.1) is 0 Å². The summed E-state index contributed by atoms with van der Waals surface area (Å²) in [7, 11) is 0. The molecule has 0 aliphatic rings. The first-order chi connectivity index (χ1) is 9.38. The summed E-state index contributed by atoms with van der Waals surface area (Å²) in [6.45, 7) is 4.70. The predicted molar refractivity (Wildman–Crippen MR) is 82.0 cm³/mol. The lowest BCUT2D eigenvalue weighted by molar-refractivity contribution is 0.314. The van der Waals surface area contributed by atoms with E-state index in [0.717, 1.165) is 25.3 Å². The summed E-state index contributed by atoms with van der Waals surface area (Å²) in [5.41, 5.74) is 1.38. The van der Waals surface area contributed by atoms with E-state index in [1.54, 1.807) is 11.3 Å². The van der Waals surface area contributed by atoms with Gasteiger partial charge in [0.25, 0.3) is 0 Å². The van der Waals surface area contributed by atoms with Crippen LogP contribution in [0.1, 0.15) is 23.8 Å². The quantitative estimate of drug-likeness (QED) is 0.738. The normalized spacial score (nSPS) is 10.6. The summed E-state index contributed by atoms with van der Waals surface area (Å²) >= 11 is 1.78. The topological polar surface area (TPSA) is 21.3 Å². The fourth-order valence-electron chi connectivity index (χ4n) is 1.91. The zero-order chi connectivity index (χ0) is 13.3. The van der Waals surface area contributed by atoms with Gasteiger partial charge in [-0.3, -0.25) is 0 Å². The van der Waals surface area contributed by atoms with Crippen molar-refractivity contribution in [2.75, 3.05) is 13.2 Å². The Balaban J connectivity index is 1.62. The maximum atomic E-state index is 5.70. The van der Waals surface area contributed by atoms with Crippen LogP contribution in [-0.2, 0) is 13.0 Å². The van der Waals surface area contributed by atoms with Crippen molar-refractivity contribution in [3.63, 3.8) is 0 Å². The number of rotatable bonds is 8. The first kappa shape index (κ1) is 14.1. The molecular formula is C16H21NOS. The molecule has 0 aliphatic carbocycles. The molecular weight excluding hydrogens is 254 g/mol. The molecule has 1 aromatic carbocycles. The van der Waals surface area contributed by atoms with Gasteiger partial charge in [-0.1, -0.05) is 31.5 Å². The molecule has 2 nitrogen and oxygen atoms in total. The molecule has 0 spiro atoms. The highest BCUT2D eigenvalue weighted by Gasteiger charge is 1.96. The molecule has 1 aromatic heterocycles. The summed E-state index contributed by atoms with van der Waals surface area (Å²) in [5, 5.41) is 5.48. The van der Waals surface area contributed by atoms with Crippen LogP contribution in [0.4, 0.5) is 0 Å². The Bertz CT molecular complexity index is 450. The second kappa shape index (κ2) is 7.97. The fourth-order valence-corrected chi connectivity index (χ4v) is 2.58. The van der Waals surface area contributed by atoms with E-state index in [2.05, 4.69) is 54.0 Å². The number of thiophene rings is 1. The molecule has 19 heavy (non-hydrogen) atoms. The van der Waals surface area contributed by atoms with Crippen LogP contribution in [0, 0.1) is 0 Å². The Kier molecular flexibility index (Phi) is 5.92. The van der Waals surface area contributed by atoms with Gasteiger partial charge in [-0.2, -0.15) is 0 Å². The van der Waals surface area contributed by atoms with Gasteiger partial charge in [0.15, 0.2) is 0 Å². The molecule has 0 aliphatic heterocycles. The van der Waals surface area contributed by atoms with Crippen molar-refractivity contribution in [1.29, 1.82) is 0 Å². The van der Waals surface area contributed by atoms with E-state index in [4.69, 9.17) is 4.74 Å². The number of nitrogens with one attached hydrogen (secondary N) is 1. The number of ether oxygens (including phenoxy) is 1. The van der Waals surface area contributed by atoms with Crippen molar-refractivity contribution >= 4 is 11.3 Å². The molecule has 0 fully saturated rings. The molecule has 2 aromatic rings. The Morgan fingerprint density at radius 3 is 2.68 bits per heavy atom. The predicted octanol–water partition coefficient (Wildman–Crippen LogP) is 3.87. The van der Waals surface area contributed by atoms with Crippen LogP contribution >= 0.6 is 11.3 Å². The third-order valence-electron chi connectivity index (χ3n) is 2.89. The molecule has 2 rings (SSSR count). The molecule has 0 saturated heterocycles. The Morgan fingerprint density at radius 2 is 2.00 bits per heavy atom. The second-order valence-electron chi connectivity index (χ2n) is 4.50. The van der Waals surface area contributed by atoms with Crippen molar-refractivity contribution in [3.05, 3.63) is 52.2 Å². The van der Waals surface area contributed by atoms with Gasteiger partial charge in [0.1, 0.15) is 12.4 Å². The van der Waals surface area contributed by atoms with Gasteiger partial charge < -0.3 is 10.1 Å². The minimum Gasteiger partial charge on any atom is -0.492 e.